The van der Waals surface area contributed by atoms with E-state index in [-0.39, 0.29) is 28.7 Å². The van der Waals surface area contributed by atoms with E-state index in [2.05, 4.69) is 5.32 Å². The fourth-order valence-electron chi connectivity index (χ4n) is 2.75. The van der Waals surface area contributed by atoms with Crippen LogP contribution in [0.1, 0.15) is 22.8 Å². The zero-order valence-electron chi connectivity index (χ0n) is 16.3. The Morgan fingerprint density at radius 3 is 2.65 bits per heavy atom. The summed E-state index contributed by atoms with van der Waals surface area (Å²) < 4.78 is 18.1. The fourth-order valence-corrected chi connectivity index (χ4v) is 3.71. The van der Waals surface area contributed by atoms with Crippen molar-refractivity contribution >= 4 is 40.0 Å². The van der Waals surface area contributed by atoms with Crippen molar-refractivity contribution in [2.75, 3.05) is 11.9 Å². The molecule has 158 valence electrons. The Hall–Kier alpha value is -3.85. The number of nitro benzene ring substituents is 1. The maximum atomic E-state index is 13.0. The van der Waals surface area contributed by atoms with Gasteiger partial charge in [0.2, 0.25) is 5.91 Å². The highest BCUT2D eigenvalue weighted by Crippen LogP contribution is 2.37. The average molecular weight is 440 g/mol. The van der Waals surface area contributed by atoms with Crippen molar-refractivity contribution in [2.45, 2.75) is 6.92 Å². The number of esters is 1. The van der Waals surface area contributed by atoms with Crippen LogP contribution in [0.4, 0.5) is 15.1 Å². The fraction of sp³-hybridized carbons (Fsp3) is 0.0909. The van der Waals surface area contributed by atoms with E-state index >= 15 is 0 Å². The molecule has 2 aromatic carbocycles. The quantitative estimate of drug-likeness (QED) is 0.233. The number of ether oxygens (including phenoxy) is 1. The lowest BCUT2D eigenvalue weighted by Crippen LogP contribution is -2.12. The summed E-state index contributed by atoms with van der Waals surface area (Å²) in [6, 6.07) is 11.5. The van der Waals surface area contributed by atoms with Gasteiger partial charge in [0.15, 0.2) is 0 Å². The molecular formula is C22H17FN2O5S. The first-order valence-electron chi connectivity index (χ1n) is 9.17. The lowest BCUT2D eigenvalue weighted by Gasteiger charge is -2.08. The van der Waals surface area contributed by atoms with Crippen LogP contribution in [0.2, 0.25) is 0 Å². The molecule has 9 heteroatoms. The molecule has 0 aliphatic rings. The van der Waals surface area contributed by atoms with Gasteiger partial charge in [-0.05, 0) is 36.3 Å². The third-order valence-electron chi connectivity index (χ3n) is 4.17. The van der Waals surface area contributed by atoms with Gasteiger partial charge in [-0.2, -0.15) is 0 Å². The second-order valence-corrected chi connectivity index (χ2v) is 7.14. The van der Waals surface area contributed by atoms with Crippen LogP contribution >= 0.6 is 11.3 Å². The molecule has 0 radical (unpaired) electrons. The van der Waals surface area contributed by atoms with Crippen molar-refractivity contribution in [1.29, 1.82) is 0 Å². The number of anilines is 1. The number of amides is 1. The Morgan fingerprint density at radius 1 is 1.23 bits per heavy atom. The number of nitrogens with one attached hydrogen (secondary N) is 1. The van der Waals surface area contributed by atoms with Gasteiger partial charge in [-0.15, -0.1) is 11.3 Å². The zero-order chi connectivity index (χ0) is 22.4. The van der Waals surface area contributed by atoms with Crippen LogP contribution in [0.5, 0.6) is 0 Å². The molecule has 1 heterocycles. The molecule has 1 amide bonds. The third kappa shape index (κ3) is 5.40. The van der Waals surface area contributed by atoms with Gasteiger partial charge in [-0.1, -0.05) is 24.3 Å². The van der Waals surface area contributed by atoms with Crippen LogP contribution in [0.25, 0.3) is 17.2 Å². The second-order valence-electron chi connectivity index (χ2n) is 6.26. The molecule has 31 heavy (non-hydrogen) atoms. The van der Waals surface area contributed by atoms with Gasteiger partial charge >= 0.3 is 5.97 Å². The molecule has 0 aliphatic carbocycles. The molecule has 0 spiro atoms. The topological polar surface area (TPSA) is 98.5 Å². The number of non-ortho nitro benzene ring substituents is 1. The van der Waals surface area contributed by atoms with Gasteiger partial charge in [-0.25, -0.2) is 9.18 Å². The maximum Gasteiger partial charge on any atom is 0.341 e. The molecule has 0 saturated carbocycles. The van der Waals surface area contributed by atoms with Gasteiger partial charge in [0.1, 0.15) is 16.4 Å². The van der Waals surface area contributed by atoms with Crippen molar-refractivity contribution < 1.29 is 23.6 Å². The van der Waals surface area contributed by atoms with E-state index in [0.717, 1.165) is 11.3 Å². The lowest BCUT2D eigenvalue weighted by molar-refractivity contribution is -0.384. The first kappa shape index (κ1) is 21.8. The van der Waals surface area contributed by atoms with E-state index in [1.807, 2.05) is 0 Å². The zero-order valence-corrected chi connectivity index (χ0v) is 17.1. The third-order valence-corrected chi connectivity index (χ3v) is 5.07. The van der Waals surface area contributed by atoms with Crippen molar-refractivity contribution in [3.05, 3.63) is 87.0 Å². The number of benzene rings is 2. The number of thiophene rings is 1. The molecule has 1 aromatic heterocycles. The predicted molar refractivity (Wildman–Crippen MR) is 116 cm³/mol. The summed E-state index contributed by atoms with van der Waals surface area (Å²) in [4.78, 5) is 35.5. The van der Waals surface area contributed by atoms with Gasteiger partial charge in [0, 0.05) is 29.2 Å². The van der Waals surface area contributed by atoms with Crippen molar-refractivity contribution in [1.82, 2.24) is 0 Å². The minimum atomic E-state index is -0.650. The van der Waals surface area contributed by atoms with Crippen LogP contribution < -0.4 is 5.32 Å². The molecule has 0 aliphatic heterocycles. The summed E-state index contributed by atoms with van der Waals surface area (Å²) in [7, 11) is 0. The van der Waals surface area contributed by atoms with Crippen LogP contribution in [0.3, 0.4) is 0 Å². The molecule has 3 aromatic rings. The number of nitro groups is 1. The summed E-state index contributed by atoms with van der Waals surface area (Å²) in [5, 5.41) is 15.6. The van der Waals surface area contributed by atoms with Gasteiger partial charge < -0.3 is 10.1 Å². The Bertz CT molecular complexity index is 1150. The van der Waals surface area contributed by atoms with E-state index in [1.165, 1.54) is 54.6 Å². The molecular weight excluding hydrogens is 423 g/mol. The number of hydrogen-bond donors (Lipinski definition) is 1. The molecule has 0 fully saturated rings. The molecule has 7 nitrogen and oxygen atoms in total. The average Bonchev–Trinajstić information content (AvgIpc) is 3.17. The first-order valence-corrected chi connectivity index (χ1v) is 10.0. The lowest BCUT2D eigenvalue weighted by atomic mass is 10.0. The number of carbonyl (C=O) groups excluding carboxylic acids is 2. The highest BCUT2D eigenvalue weighted by Gasteiger charge is 2.23. The maximum absolute atomic E-state index is 13.0. The van der Waals surface area contributed by atoms with Gasteiger partial charge in [0.05, 0.1) is 11.5 Å². The number of halogens is 1. The largest absolute Gasteiger partial charge is 0.462 e. The van der Waals surface area contributed by atoms with Crippen molar-refractivity contribution in [2.24, 2.45) is 0 Å². The number of carbonyl (C=O) groups is 2. The van der Waals surface area contributed by atoms with E-state index in [1.54, 1.807) is 18.4 Å². The molecule has 0 unspecified atom stereocenters. The summed E-state index contributed by atoms with van der Waals surface area (Å²) in [6.07, 6.45) is 2.77. The molecule has 3 rings (SSSR count). The van der Waals surface area contributed by atoms with Crippen molar-refractivity contribution in [3.8, 4) is 11.1 Å². The number of hydrogen-bond acceptors (Lipinski definition) is 6. The van der Waals surface area contributed by atoms with E-state index in [0.29, 0.717) is 16.7 Å². The monoisotopic (exact) mass is 440 g/mol. The second kappa shape index (κ2) is 9.77. The molecule has 0 bridgehead atoms. The Balaban J connectivity index is 1.90. The summed E-state index contributed by atoms with van der Waals surface area (Å²) in [5.41, 5.74) is 1.51. The normalized spacial score (nSPS) is 10.8. The first-order chi connectivity index (χ1) is 14.9. The molecule has 0 atom stereocenters. The van der Waals surface area contributed by atoms with Crippen LogP contribution in [-0.4, -0.2) is 23.4 Å². The number of nitrogens with zero attached hydrogens (tertiary/aromatic N) is 1. The van der Waals surface area contributed by atoms with Gasteiger partial charge in [-0.3, -0.25) is 14.9 Å². The SMILES string of the molecule is CCOC(=O)c1c(-c2cccc([N+](=O)[O-])c2)csc1NC(=O)C=Cc1ccc(F)cc1. The van der Waals surface area contributed by atoms with Gasteiger partial charge in [0.25, 0.3) is 5.69 Å². The minimum Gasteiger partial charge on any atom is -0.462 e. The number of rotatable bonds is 7. The summed E-state index contributed by atoms with van der Waals surface area (Å²) in [6.45, 7) is 1.78. The Kier molecular flexibility index (Phi) is 6.88. The van der Waals surface area contributed by atoms with Crippen molar-refractivity contribution in [3.63, 3.8) is 0 Å². The summed E-state index contributed by atoms with van der Waals surface area (Å²) >= 11 is 1.11. The van der Waals surface area contributed by atoms with E-state index in [4.69, 9.17) is 4.74 Å². The van der Waals surface area contributed by atoms with Crippen LogP contribution in [0, 0.1) is 15.9 Å². The smallest absolute Gasteiger partial charge is 0.341 e. The minimum absolute atomic E-state index is 0.119. The molecule has 1 N–H and O–H groups in total. The highest BCUT2D eigenvalue weighted by atomic mass is 32.1. The Morgan fingerprint density at radius 2 is 1.97 bits per heavy atom. The van der Waals surface area contributed by atoms with Crippen LogP contribution in [0.15, 0.2) is 60.0 Å². The molecule has 0 saturated heterocycles. The standard InChI is InChI=1S/C22H17FN2O5S/c1-2-30-22(27)20-18(15-4-3-5-17(12-15)25(28)29)13-31-21(20)24-19(26)11-8-14-6-9-16(23)10-7-14/h3-13H,2H2,1H3,(H,24,26). The summed E-state index contributed by atoms with van der Waals surface area (Å²) in [5.74, 6) is -1.53. The van der Waals surface area contributed by atoms with Crippen LogP contribution in [-0.2, 0) is 9.53 Å². The predicted octanol–water partition coefficient (Wildman–Crippen LogP) is 5.29. The highest BCUT2D eigenvalue weighted by molar-refractivity contribution is 7.15. The Labute approximate surface area is 180 Å². The van der Waals surface area contributed by atoms with E-state index in [9.17, 15) is 24.1 Å². The van der Waals surface area contributed by atoms with E-state index < -0.39 is 16.8 Å².